The Morgan fingerprint density at radius 2 is 1.60 bits per heavy atom. The van der Waals surface area contributed by atoms with Gasteiger partial charge in [0.2, 0.25) is 11.8 Å². The molecular weight excluding hydrogens is 528 g/mol. The van der Waals surface area contributed by atoms with E-state index in [1.165, 1.54) is 11.1 Å². The number of nitrogens with zero attached hydrogens (tertiary/aromatic N) is 2. The highest BCUT2D eigenvalue weighted by Crippen LogP contribution is 2.36. The fourth-order valence-corrected chi connectivity index (χ4v) is 6.65. The standard InChI is InChI=1S/C34H44N4O4/c1-3-4-19-38-32(41)29(30(39)27-7-5-6-8-27)36-33(42)34(38)17-20-37(21-18-34)23-26-11-9-24(10-12-26)22-25-13-15-28(16-14-25)31(40)35-2/h5-6,9-16,27,29-30,39H,3-4,7-8,17-23H2,1-2H3,(H,35,40)(H,36,42)/t29-,30-/m1/s1. The highest BCUT2D eigenvalue weighted by atomic mass is 16.3. The minimum atomic E-state index is -0.872. The largest absolute Gasteiger partial charge is 0.390 e. The molecule has 42 heavy (non-hydrogen) atoms. The molecule has 3 amide bonds. The molecule has 2 aliphatic heterocycles. The maximum absolute atomic E-state index is 13.7. The third-order valence-corrected chi connectivity index (χ3v) is 9.33. The van der Waals surface area contributed by atoms with Crippen molar-refractivity contribution in [3.63, 3.8) is 0 Å². The number of rotatable bonds is 10. The molecule has 8 nitrogen and oxygen atoms in total. The monoisotopic (exact) mass is 572 g/mol. The fourth-order valence-electron chi connectivity index (χ4n) is 6.65. The summed E-state index contributed by atoms with van der Waals surface area (Å²) in [7, 11) is 1.63. The van der Waals surface area contributed by atoms with Crippen molar-refractivity contribution in [1.29, 1.82) is 0 Å². The molecule has 0 aromatic heterocycles. The molecule has 2 aromatic rings. The number of hydrogen-bond donors (Lipinski definition) is 3. The van der Waals surface area contributed by atoms with Crippen LogP contribution in [0.15, 0.2) is 60.7 Å². The second kappa shape index (κ2) is 13.2. The van der Waals surface area contributed by atoms with Crippen LogP contribution in [0.5, 0.6) is 0 Å². The molecule has 8 heteroatoms. The summed E-state index contributed by atoms with van der Waals surface area (Å²) in [6, 6.07) is 15.4. The lowest BCUT2D eigenvalue weighted by Gasteiger charge is -2.52. The van der Waals surface area contributed by atoms with Crippen LogP contribution in [0.2, 0.25) is 0 Å². The Balaban J connectivity index is 1.19. The summed E-state index contributed by atoms with van der Waals surface area (Å²) in [6.07, 6.45) is 8.43. The zero-order valence-corrected chi connectivity index (χ0v) is 24.9. The Hall–Kier alpha value is -3.49. The van der Waals surface area contributed by atoms with Crippen LogP contribution in [0.25, 0.3) is 0 Å². The minimum Gasteiger partial charge on any atom is -0.390 e. The normalized spacial score (nSPS) is 21.5. The fraction of sp³-hybridized carbons (Fsp3) is 0.500. The van der Waals surface area contributed by atoms with Crippen molar-refractivity contribution >= 4 is 17.7 Å². The number of amides is 3. The first-order valence-electron chi connectivity index (χ1n) is 15.4. The van der Waals surface area contributed by atoms with Gasteiger partial charge in [-0.3, -0.25) is 19.3 Å². The van der Waals surface area contributed by atoms with Gasteiger partial charge in [-0.1, -0.05) is 61.9 Å². The zero-order valence-electron chi connectivity index (χ0n) is 24.9. The number of piperidine rings is 1. The van der Waals surface area contributed by atoms with Crippen LogP contribution in [0.1, 0.15) is 72.5 Å². The Morgan fingerprint density at radius 1 is 1.00 bits per heavy atom. The average Bonchev–Trinajstić information content (AvgIpc) is 3.56. The number of piperazine rings is 1. The maximum atomic E-state index is 13.7. The first-order valence-corrected chi connectivity index (χ1v) is 15.4. The Morgan fingerprint density at radius 3 is 2.19 bits per heavy atom. The van der Waals surface area contributed by atoms with Crippen molar-refractivity contribution in [3.05, 3.63) is 82.9 Å². The van der Waals surface area contributed by atoms with E-state index in [0.29, 0.717) is 24.9 Å². The molecule has 1 aliphatic carbocycles. The van der Waals surface area contributed by atoms with E-state index < -0.39 is 17.7 Å². The van der Waals surface area contributed by atoms with Crippen molar-refractivity contribution in [3.8, 4) is 0 Å². The van der Waals surface area contributed by atoms with Gasteiger partial charge in [0.25, 0.3) is 5.91 Å². The van der Waals surface area contributed by atoms with Gasteiger partial charge < -0.3 is 20.6 Å². The molecule has 0 unspecified atom stereocenters. The molecule has 0 radical (unpaired) electrons. The zero-order chi connectivity index (χ0) is 29.7. The molecule has 2 saturated heterocycles. The van der Waals surface area contributed by atoms with Gasteiger partial charge in [-0.15, -0.1) is 0 Å². The van der Waals surface area contributed by atoms with Crippen LogP contribution >= 0.6 is 0 Å². The van der Waals surface area contributed by atoms with E-state index in [0.717, 1.165) is 57.3 Å². The van der Waals surface area contributed by atoms with Gasteiger partial charge in [0.15, 0.2) is 0 Å². The molecule has 2 fully saturated rings. The van der Waals surface area contributed by atoms with Crippen LogP contribution in [0.4, 0.5) is 0 Å². The van der Waals surface area contributed by atoms with Gasteiger partial charge >= 0.3 is 0 Å². The van der Waals surface area contributed by atoms with Crippen molar-refractivity contribution in [1.82, 2.24) is 20.4 Å². The Labute approximate surface area is 249 Å². The summed E-state index contributed by atoms with van der Waals surface area (Å²) in [5, 5.41) is 16.6. The van der Waals surface area contributed by atoms with Crippen molar-refractivity contribution in [2.75, 3.05) is 26.7 Å². The summed E-state index contributed by atoms with van der Waals surface area (Å²) < 4.78 is 0. The average molecular weight is 573 g/mol. The first-order chi connectivity index (χ1) is 20.3. The SMILES string of the molecule is CCCCN1C(=O)[C@@H]([C@H](O)C2CC=CC2)NC(=O)C12CCN(Cc1ccc(Cc3ccc(C(=O)NC)cc3)cc1)CC2. The summed E-state index contributed by atoms with van der Waals surface area (Å²) in [6.45, 7) is 4.88. The van der Waals surface area contributed by atoms with Crippen molar-refractivity contribution < 1.29 is 19.5 Å². The number of unbranched alkanes of at least 4 members (excludes halogenated alkanes) is 1. The predicted octanol–water partition coefficient (Wildman–Crippen LogP) is 3.43. The van der Waals surface area contributed by atoms with E-state index in [1.54, 1.807) is 7.05 Å². The number of aliphatic hydroxyl groups excluding tert-OH is 1. The number of carbonyl (C=O) groups is 3. The van der Waals surface area contributed by atoms with Gasteiger partial charge in [0, 0.05) is 38.8 Å². The Kier molecular flexibility index (Phi) is 9.43. The predicted molar refractivity (Wildman–Crippen MR) is 163 cm³/mol. The molecular formula is C34H44N4O4. The van der Waals surface area contributed by atoms with Crippen LogP contribution < -0.4 is 10.6 Å². The van der Waals surface area contributed by atoms with E-state index in [4.69, 9.17) is 0 Å². The lowest BCUT2D eigenvalue weighted by molar-refractivity contribution is -0.165. The molecule has 3 N–H and O–H groups in total. The third-order valence-electron chi connectivity index (χ3n) is 9.33. The number of aliphatic hydroxyl groups is 1. The van der Waals surface area contributed by atoms with Crippen LogP contribution in [-0.2, 0) is 22.6 Å². The van der Waals surface area contributed by atoms with Crippen molar-refractivity contribution in [2.45, 2.75) is 76.1 Å². The number of allylic oxidation sites excluding steroid dienone is 2. The number of hydrogen-bond acceptors (Lipinski definition) is 5. The van der Waals surface area contributed by atoms with Crippen LogP contribution in [0.3, 0.4) is 0 Å². The quantitative estimate of drug-likeness (QED) is 0.379. The maximum Gasteiger partial charge on any atom is 0.251 e. The van der Waals surface area contributed by atoms with Gasteiger partial charge in [0.05, 0.1) is 6.10 Å². The summed E-state index contributed by atoms with van der Waals surface area (Å²) in [4.78, 5) is 43.4. The number of likely N-dealkylation sites (tertiary alicyclic amines) is 1. The summed E-state index contributed by atoms with van der Waals surface area (Å²) in [5.74, 6) is -0.349. The molecule has 0 saturated carbocycles. The van der Waals surface area contributed by atoms with E-state index in [1.807, 2.05) is 41.3 Å². The molecule has 1 spiro atoms. The van der Waals surface area contributed by atoms with Crippen LogP contribution in [-0.4, -0.2) is 77.0 Å². The molecule has 2 aromatic carbocycles. The molecule has 2 atom stereocenters. The molecule has 3 aliphatic rings. The molecule has 224 valence electrons. The van der Waals surface area contributed by atoms with E-state index in [-0.39, 0.29) is 23.6 Å². The number of carbonyl (C=O) groups excluding carboxylic acids is 3. The smallest absolute Gasteiger partial charge is 0.251 e. The highest BCUT2D eigenvalue weighted by Gasteiger charge is 2.55. The topological polar surface area (TPSA) is 102 Å². The second-order valence-electron chi connectivity index (χ2n) is 12.1. The van der Waals surface area contributed by atoms with Crippen molar-refractivity contribution in [2.24, 2.45) is 5.92 Å². The summed E-state index contributed by atoms with van der Waals surface area (Å²) >= 11 is 0. The van der Waals surface area contributed by atoms with Gasteiger partial charge in [-0.2, -0.15) is 0 Å². The van der Waals surface area contributed by atoms with Crippen LogP contribution in [0, 0.1) is 5.92 Å². The third kappa shape index (κ3) is 6.30. The lowest BCUT2D eigenvalue weighted by atomic mass is 9.79. The first kappa shape index (κ1) is 30.0. The van der Waals surface area contributed by atoms with E-state index >= 15 is 0 Å². The highest BCUT2D eigenvalue weighted by molar-refractivity contribution is 6.00. The van der Waals surface area contributed by atoms with Gasteiger partial charge in [-0.25, -0.2) is 0 Å². The van der Waals surface area contributed by atoms with Gasteiger partial charge in [-0.05, 0) is 73.3 Å². The lowest BCUT2D eigenvalue weighted by Crippen LogP contribution is -2.75. The summed E-state index contributed by atoms with van der Waals surface area (Å²) in [5.41, 5.74) is 3.38. The molecule has 5 rings (SSSR count). The van der Waals surface area contributed by atoms with E-state index in [2.05, 4.69) is 46.7 Å². The van der Waals surface area contributed by atoms with E-state index in [9.17, 15) is 19.5 Å². The van der Waals surface area contributed by atoms with Gasteiger partial charge in [0.1, 0.15) is 11.6 Å². The minimum absolute atomic E-state index is 0.0240. The number of nitrogens with one attached hydrogen (secondary N) is 2. The Bertz CT molecular complexity index is 1270. The molecule has 0 bridgehead atoms. The second-order valence-corrected chi connectivity index (χ2v) is 12.1. The number of benzene rings is 2. The molecule has 2 heterocycles.